The largest absolute Gasteiger partial charge is 0.481 e. The van der Waals surface area contributed by atoms with E-state index in [1.807, 2.05) is 0 Å². The number of carbonyl (C=O) groups excluding carboxylic acids is 1. The van der Waals surface area contributed by atoms with Gasteiger partial charge in [0, 0.05) is 5.41 Å². The van der Waals surface area contributed by atoms with Crippen LogP contribution in [-0.2, 0) is 14.3 Å². The zero-order chi connectivity index (χ0) is 27.2. The lowest BCUT2D eigenvalue weighted by molar-refractivity contribution is -0.251. The zero-order valence-electron chi connectivity index (χ0n) is 24.6. The fraction of sp³-hybridized carbons (Fsp3) is 0.938. The van der Waals surface area contributed by atoms with Crippen molar-refractivity contribution in [3.8, 4) is 0 Å². The predicted octanol–water partition coefficient (Wildman–Crippen LogP) is 6.68. The molecular formula is C32H53NO4. The molecule has 0 radical (unpaired) electrons. The number of hydrogen-bond acceptors (Lipinski definition) is 4. The lowest BCUT2D eigenvalue weighted by Crippen LogP contribution is -2.67. The Bertz CT molecular complexity index is 945. The van der Waals surface area contributed by atoms with E-state index in [1.54, 1.807) is 0 Å². The van der Waals surface area contributed by atoms with Crippen LogP contribution in [-0.4, -0.2) is 29.7 Å². The van der Waals surface area contributed by atoms with Crippen LogP contribution in [0.5, 0.6) is 0 Å². The molecule has 0 bridgehead atoms. The minimum absolute atomic E-state index is 0.0503. The molecule has 0 aromatic heterocycles. The van der Waals surface area contributed by atoms with E-state index in [9.17, 15) is 14.7 Å². The molecule has 0 heterocycles. The van der Waals surface area contributed by atoms with E-state index in [0.29, 0.717) is 35.5 Å². The van der Waals surface area contributed by atoms with Gasteiger partial charge in [-0.25, -0.2) is 0 Å². The highest BCUT2D eigenvalue weighted by atomic mass is 16.5. The molecule has 5 fully saturated rings. The molecule has 5 saturated carbocycles. The average Bonchev–Trinajstić information content (AvgIpc) is 3.23. The Morgan fingerprint density at radius 1 is 0.865 bits per heavy atom. The van der Waals surface area contributed by atoms with Crippen molar-refractivity contribution >= 4 is 11.9 Å². The molecule has 0 aromatic carbocycles. The Balaban J connectivity index is 1.50. The molecule has 5 rings (SSSR count). The lowest BCUT2D eigenvalue weighted by Gasteiger charge is -2.72. The normalized spacial score (nSPS) is 50.4. The van der Waals surface area contributed by atoms with Gasteiger partial charge in [-0.15, -0.1) is 0 Å². The maximum absolute atomic E-state index is 12.9. The molecule has 0 spiro atoms. The maximum atomic E-state index is 12.9. The predicted molar refractivity (Wildman–Crippen MR) is 146 cm³/mol. The number of nitrogens with two attached hydrogens (primary N) is 1. The molecule has 210 valence electrons. The number of rotatable bonds is 4. The standard InChI is InChI=1S/C32H53NO4/c1-19(2)20-10-15-32(27(35)36)17-16-30(6)21(26(20)32)8-9-23-29(5)13-12-24(37-25(34)18-33)28(3,4)22(29)11-14-31(23,30)7/h19-24,26H,8-18,33H2,1-7H3,(H,35,36)/t20-,21+,22-,23+,24-,26+,29-,30+,31+,32-/m0/s1. The second-order valence-electron chi connectivity index (χ2n) is 15.6. The number of carboxylic acids is 1. The Labute approximate surface area is 225 Å². The third kappa shape index (κ3) is 3.50. The summed E-state index contributed by atoms with van der Waals surface area (Å²) >= 11 is 0. The number of esters is 1. The van der Waals surface area contributed by atoms with Crippen LogP contribution in [0, 0.1) is 62.6 Å². The van der Waals surface area contributed by atoms with Gasteiger partial charge in [0.25, 0.3) is 0 Å². The highest BCUT2D eigenvalue weighted by molar-refractivity contribution is 5.76. The van der Waals surface area contributed by atoms with Gasteiger partial charge in [-0.3, -0.25) is 9.59 Å². The lowest BCUT2D eigenvalue weighted by atomic mass is 9.32. The molecule has 5 aliphatic rings. The van der Waals surface area contributed by atoms with Gasteiger partial charge in [-0.1, -0.05) is 48.5 Å². The molecule has 37 heavy (non-hydrogen) atoms. The third-order valence-corrected chi connectivity index (χ3v) is 14.1. The van der Waals surface area contributed by atoms with Crippen molar-refractivity contribution in [2.24, 2.45) is 68.3 Å². The number of fused-ring (bicyclic) bond motifs is 7. The number of ether oxygens (including phenoxy) is 1. The maximum Gasteiger partial charge on any atom is 0.319 e. The van der Waals surface area contributed by atoms with E-state index in [4.69, 9.17) is 10.5 Å². The van der Waals surface area contributed by atoms with Crippen molar-refractivity contribution in [3.05, 3.63) is 0 Å². The summed E-state index contributed by atoms with van der Waals surface area (Å²) in [6, 6.07) is 0. The summed E-state index contributed by atoms with van der Waals surface area (Å²) < 4.78 is 5.91. The Hall–Kier alpha value is -1.10. The highest BCUT2D eigenvalue weighted by Crippen LogP contribution is 2.77. The first-order valence-corrected chi connectivity index (χ1v) is 15.3. The van der Waals surface area contributed by atoms with E-state index >= 15 is 0 Å². The van der Waals surface area contributed by atoms with Crippen molar-refractivity contribution in [3.63, 3.8) is 0 Å². The molecule has 5 aliphatic carbocycles. The number of aliphatic carboxylic acids is 1. The fourth-order valence-electron chi connectivity index (χ4n) is 12.2. The average molecular weight is 516 g/mol. The van der Waals surface area contributed by atoms with Gasteiger partial charge >= 0.3 is 11.9 Å². The molecular weight excluding hydrogens is 462 g/mol. The molecule has 5 heteroatoms. The van der Waals surface area contributed by atoms with E-state index < -0.39 is 11.4 Å². The van der Waals surface area contributed by atoms with Gasteiger partial charge < -0.3 is 15.6 Å². The molecule has 0 saturated heterocycles. The van der Waals surface area contributed by atoms with Crippen LogP contribution in [0.4, 0.5) is 0 Å². The molecule has 10 atom stereocenters. The quantitative estimate of drug-likeness (QED) is 0.408. The Morgan fingerprint density at radius 2 is 1.57 bits per heavy atom. The molecule has 0 aliphatic heterocycles. The Kier molecular flexibility index (Phi) is 6.46. The van der Waals surface area contributed by atoms with Crippen molar-refractivity contribution in [1.29, 1.82) is 0 Å². The van der Waals surface area contributed by atoms with E-state index in [0.717, 1.165) is 44.9 Å². The first-order chi connectivity index (χ1) is 17.2. The van der Waals surface area contributed by atoms with Crippen LogP contribution in [0.3, 0.4) is 0 Å². The number of carboxylic acid groups (broad SMARTS) is 1. The van der Waals surface area contributed by atoms with E-state index in [1.165, 1.54) is 19.3 Å². The third-order valence-electron chi connectivity index (χ3n) is 14.1. The molecule has 0 amide bonds. The summed E-state index contributed by atoms with van der Waals surface area (Å²) in [5.41, 5.74) is 5.63. The van der Waals surface area contributed by atoms with Crippen LogP contribution in [0.2, 0.25) is 0 Å². The van der Waals surface area contributed by atoms with Crippen LogP contribution in [0.25, 0.3) is 0 Å². The van der Waals surface area contributed by atoms with Gasteiger partial charge in [-0.05, 0) is 116 Å². The number of hydrogen-bond donors (Lipinski definition) is 2. The van der Waals surface area contributed by atoms with Gasteiger partial charge in [-0.2, -0.15) is 0 Å². The SMILES string of the molecule is CC(C)[C@@H]1CC[C@]2(C(=O)O)CC[C@]3(C)[C@H](CC[C@@H]4[C@@]5(C)CC[C@H](OC(=O)CN)C(C)(C)[C@@H]5CC[C@]43C)[C@@H]12. The summed E-state index contributed by atoms with van der Waals surface area (Å²) in [5, 5.41) is 10.6. The van der Waals surface area contributed by atoms with Crippen molar-refractivity contribution in [2.75, 3.05) is 6.54 Å². The van der Waals surface area contributed by atoms with Crippen LogP contribution in [0.1, 0.15) is 113 Å². The fourth-order valence-corrected chi connectivity index (χ4v) is 12.2. The topological polar surface area (TPSA) is 89.6 Å². The minimum Gasteiger partial charge on any atom is -0.481 e. The summed E-state index contributed by atoms with van der Waals surface area (Å²) in [7, 11) is 0. The highest BCUT2D eigenvalue weighted by Gasteiger charge is 2.72. The second kappa shape index (κ2) is 8.70. The van der Waals surface area contributed by atoms with Crippen LogP contribution >= 0.6 is 0 Å². The number of carbonyl (C=O) groups is 2. The van der Waals surface area contributed by atoms with Gasteiger partial charge in [0.15, 0.2) is 0 Å². The second-order valence-corrected chi connectivity index (χ2v) is 15.6. The summed E-state index contributed by atoms with van der Waals surface area (Å²) in [6.07, 6.45) is 10.6. The van der Waals surface area contributed by atoms with E-state index in [-0.39, 0.29) is 40.3 Å². The molecule has 0 unspecified atom stereocenters. The first-order valence-electron chi connectivity index (χ1n) is 15.3. The van der Waals surface area contributed by atoms with E-state index in [2.05, 4.69) is 48.5 Å². The molecule has 5 nitrogen and oxygen atoms in total. The monoisotopic (exact) mass is 515 g/mol. The van der Waals surface area contributed by atoms with Crippen molar-refractivity contribution in [1.82, 2.24) is 0 Å². The summed E-state index contributed by atoms with van der Waals surface area (Å²) in [6.45, 7) is 17.0. The minimum atomic E-state index is -0.516. The van der Waals surface area contributed by atoms with Crippen LogP contribution in [0.15, 0.2) is 0 Å². The van der Waals surface area contributed by atoms with Gasteiger partial charge in [0.1, 0.15) is 6.10 Å². The zero-order valence-corrected chi connectivity index (χ0v) is 24.6. The molecule has 0 aromatic rings. The molecule has 3 N–H and O–H groups in total. The first kappa shape index (κ1) is 27.5. The summed E-state index contributed by atoms with van der Waals surface area (Å²) in [5.74, 6) is 2.23. The van der Waals surface area contributed by atoms with Crippen molar-refractivity contribution < 1.29 is 19.4 Å². The van der Waals surface area contributed by atoms with Crippen molar-refractivity contribution in [2.45, 2.75) is 119 Å². The Morgan fingerprint density at radius 3 is 2.19 bits per heavy atom. The van der Waals surface area contributed by atoms with Gasteiger partial charge in [0.2, 0.25) is 0 Å². The smallest absolute Gasteiger partial charge is 0.319 e. The van der Waals surface area contributed by atoms with Gasteiger partial charge in [0.05, 0.1) is 12.0 Å². The summed E-state index contributed by atoms with van der Waals surface area (Å²) in [4.78, 5) is 25.0. The van der Waals surface area contributed by atoms with Crippen LogP contribution < -0.4 is 5.73 Å².